The predicted octanol–water partition coefficient (Wildman–Crippen LogP) is 2.81. The van der Waals surface area contributed by atoms with Crippen LogP contribution in [0.5, 0.6) is 11.5 Å². The molecule has 0 fully saturated rings. The molecule has 0 aliphatic rings. The molecule has 1 aromatic carbocycles. The maximum absolute atomic E-state index is 11.3. The first kappa shape index (κ1) is 14.4. The zero-order valence-corrected chi connectivity index (χ0v) is 11.1. The van der Waals surface area contributed by atoms with Gasteiger partial charge in [0, 0.05) is 0 Å². The number of rotatable bonds is 7. The van der Waals surface area contributed by atoms with Gasteiger partial charge in [0.2, 0.25) is 0 Å². The number of benzene rings is 1. The molecule has 0 atom stereocenters. The molecule has 0 amide bonds. The van der Waals surface area contributed by atoms with E-state index in [9.17, 15) is 4.79 Å². The Morgan fingerprint density at radius 1 is 1.11 bits per heavy atom. The van der Waals surface area contributed by atoms with Crippen molar-refractivity contribution < 1.29 is 19.0 Å². The van der Waals surface area contributed by atoms with Crippen LogP contribution in [-0.2, 0) is 9.53 Å². The summed E-state index contributed by atoms with van der Waals surface area (Å²) in [7, 11) is 0. The standard InChI is InChI=1S/C14H20O4/c1-4-9-16-12-5-7-13(8-6-12)17-10-14(15)18-11(2)3/h5-8,11H,4,9-10H2,1-3H3. The molecule has 1 rings (SSSR count). The Balaban J connectivity index is 2.37. The van der Waals surface area contributed by atoms with Gasteiger partial charge in [-0.15, -0.1) is 0 Å². The summed E-state index contributed by atoms with van der Waals surface area (Å²) in [4.78, 5) is 11.3. The summed E-state index contributed by atoms with van der Waals surface area (Å²) < 4.78 is 15.7. The molecule has 0 N–H and O–H groups in total. The maximum Gasteiger partial charge on any atom is 0.344 e. The fourth-order valence-electron chi connectivity index (χ4n) is 1.29. The highest BCUT2D eigenvalue weighted by molar-refractivity contribution is 5.71. The third-order valence-corrected chi connectivity index (χ3v) is 2.02. The topological polar surface area (TPSA) is 44.8 Å². The summed E-state index contributed by atoms with van der Waals surface area (Å²) in [5.74, 6) is 1.06. The van der Waals surface area contributed by atoms with E-state index in [0.717, 1.165) is 12.2 Å². The smallest absolute Gasteiger partial charge is 0.344 e. The van der Waals surface area contributed by atoms with Crippen molar-refractivity contribution in [3.05, 3.63) is 24.3 Å². The van der Waals surface area contributed by atoms with Gasteiger partial charge >= 0.3 is 5.97 Å². The summed E-state index contributed by atoms with van der Waals surface area (Å²) >= 11 is 0. The van der Waals surface area contributed by atoms with Gasteiger partial charge in [-0.25, -0.2) is 4.79 Å². The minimum absolute atomic E-state index is 0.0760. The minimum atomic E-state index is -0.365. The number of ether oxygens (including phenoxy) is 3. The summed E-state index contributed by atoms with van der Waals surface area (Å²) in [5, 5.41) is 0. The van der Waals surface area contributed by atoms with E-state index < -0.39 is 0 Å². The van der Waals surface area contributed by atoms with Crippen molar-refractivity contribution in [2.24, 2.45) is 0 Å². The molecule has 0 spiro atoms. The average molecular weight is 252 g/mol. The molecule has 0 bridgehead atoms. The van der Waals surface area contributed by atoms with Gasteiger partial charge in [-0.1, -0.05) is 6.92 Å². The van der Waals surface area contributed by atoms with E-state index in [1.54, 1.807) is 26.0 Å². The van der Waals surface area contributed by atoms with Crippen molar-refractivity contribution in [1.29, 1.82) is 0 Å². The molecule has 0 aromatic heterocycles. The van der Waals surface area contributed by atoms with Crippen LogP contribution in [0.3, 0.4) is 0 Å². The van der Waals surface area contributed by atoms with Crippen molar-refractivity contribution in [3.63, 3.8) is 0 Å². The first-order chi connectivity index (χ1) is 8.61. The summed E-state index contributed by atoms with van der Waals surface area (Å²) in [6.45, 7) is 6.28. The molecule has 0 unspecified atom stereocenters. The fourth-order valence-corrected chi connectivity index (χ4v) is 1.29. The van der Waals surface area contributed by atoms with Crippen molar-refractivity contribution >= 4 is 5.97 Å². The molecular weight excluding hydrogens is 232 g/mol. The van der Waals surface area contributed by atoms with Crippen LogP contribution in [0.4, 0.5) is 0 Å². The van der Waals surface area contributed by atoms with Crippen LogP contribution < -0.4 is 9.47 Å². The molecule has 1 aromatic rings. The van der Waals surface area contributed by atoms with E-state index in [1.165, 1.54) is 0 Å². The Bertz CT molecular complexity index is 357. The number of carbonyl (C=O) groups is 1. The first-order valence-corrected chi connectivity index (χ1v) is 6.17. The van der Waals surface area contributed by atoms with Crippen molar-refractivity contribution in [3.8, 4) is 11.5 Å². The van der Waals surface area contributed by atoms with E-state index in [0.29, 0.717) is 12.4 Å². The van der Waals surface area contributed by atoms with Crippen LogP contribution in [0.25, 0.3) is 0 Å². The van der Waals surface area contributed by atoms with Crippen LogP contribution in [0.1, 0.15) is 27.2 Å². The largest absolute Gasteiger partial charge is 0.494 e. The zero-order chi connectivity index (χ0) is 13.4. The highest BCUT2D eigenvalue weighted by Crippen LogP contribution is 2.17. The molecule has 0 saturated heterocycles. The molecule has 100 valence electrons. The summed E-state index contributed by atoms with van der Waals surface area (Å²) in [5.41, 5.74) is 0. The first-order valence-electron chi connectivity index (χ1n) is 6.17. The van der Waals surface area contributed by atoms with Crippen molar-refractivity contribution in [1.82, 2.24) is 0 Å². The van der Waals surface area contributed by atoms with Gasteiger partial charge in [-0.2, -0.15) is 0 Å². The monoisotopic (exact) mass is 252 g/mol. The second-order valence-electron chi connectivity index (χ2n) is 4.15. The Labute approximate surface area is 108 Å². The summed E-state index contributed by atoms with van der Waals surface area (Å²) in [6, 6.07) is 7.18. The minimum Gasteiger partial charge on any atom is -0.494 e. The van der Waals surface area contributed by atoms with E-state index in [4.69, 9.17) is 14.2 Å². The second-order valence-corrected chi connectivity index (χ2v) is 4.15. The van der Waals surface area contributed by atoms with Gasteiger partial charge < -0.3 is 14.2 Å². The molecule has 0 saturated carbocycles. The number of carbonyl (C=O) groups excluding carboxylic acids is 1. The molecule has 0 aliphatic heterocycles. The van der Waals surface area contributed by atoms with Gasteiger partial charge in [-0.3, -0.25) is 0 Å². The SMILES string of the molecule is CCCOc1ccc(OCC(=O)OC(C)C)cc1. The lowest BCUT2D eigenvalue weighted by molar-refractivity contribution is -0.149. The highest BCUT2D eigenvalue weighted by atomic mass is 16.6. The third kappa shape index (κ3) is 5.57. The average Bonchev–Trinajstić information content (AvgIpc) is 2.34. The van der Waals surface area contributed by atoms with Crippen LogP contribution in [0, 0.1) is 0 Å². The number of esters is 1. The Morgan fingerprint density at radius 2 is 1.67 bits per heavy atom. The fraction of sp³-hybridized carbons (Fsp3) is 0.500. The zero-order valence-electron chi connectivity index (χ0n) is 11.1. The lowest BCUT2D eigenvalue weighted by Crippen LogP contribution is -2.18. The lowest BCUT2D eigenvalue weighted by Gasteiger charge is -2.10. The van der Waals surface area contributed by atoms with Gasteiger partial charge in [-0.05, 0) is 44.5 Å². The van der Waals surface area contributed by atoms with Crippen molar-refractivity contribution in [2.75, 3.05) is 13.2 Å². The molecular formula is C14H20O4. The molecule has 4 heteroatoms. The van der Waals surface area contributed by atoms with Gasteiger partial charge in [0.25, 0.3) is 0 Å². The van der Waals surface area contributed by atoms with Crippen LogP contribution in [-0.4, -0.2) is 25.3 Å². The van der Waals surface area contributed by atoms with E-state index in [2.05, 4.69) is 6.92 Å². The van der Waals surface area contributed by atoms with E-state index in [1.807, 2.05) is 12.1 Å². The van der Waals surface area contributed by atoms with Gasteiger partial charge in [0.05, 0.1) is 12.7 Å². The maximum atomic E-state index is 11.3. The second kappa shape index (κ2) is 7.58. The number of hydrogen-bond donors (Lipinski definition) is 0. The van der Waals surface area contributed by atoms with Gasteiger partial charge in [0.1, 0.15) is 11.5 Å². The normalized spacial score (nSPS) is 10.2. The summed E-state index contributed by atoms with van der Waals surface area (Å²) in [6.07, 6.45) is 0.852. The molecule has 18 heavy (non-hydrogen) atoms. The van der Waals surface area contributed by atoms with E-state index >= 15 is 0 Å². The molecule has 4 nitrogen and oxygen atoms in total. The van der Waals surface area contributed by atoms with E-state index in [-0.39, 0.29) is 18.7 Å². The molecule has 0 radical (unpaired) electrons. The third-order valence-electron chi connectivity index (χ3n) is 2.02. The quantitative estimate of drug-likeness (QED) is 0.700. The predicted molar refractivity (Wildman–Crippen MR) is 69.0 cm³/mol. The van der Waals surface area contributed by atoms with Crippen molar-refractivity contribution in [2.45, 2.75) is 33.3 Å². The Kier molecular flexibility index (Phi) is 6.05. The van der Waals surface area contributed by atoms with Gasteiger partial charge in [0.15, 0.2) is 6.61 Å². The van der Waals surface area contributed by atoms with Crippen LogP contribution in [0.2, 0.25) is 0 Å². The van der Waals surface area contributed by atoms with Crippen LogP contribution >= 0.6 is 0 Å². The molecule has 0 heterocycles. The lowest BCUT2D eigenvalue weighted by atomic mass is 10.3. The number of hydrogen-bond acceptors (Lipinski definition) is 4. The van der Waals surface area contributed by atoms with Crippen LogP contribution in [0.15, 0.2) is 24.3 Å². The highest BCUT2D eigenvalue weighted by Gasteiger charge is 2.06. The Hall–Kier alpha value is -1.71. The Morgan fingerprint density at radius 3 is 2.17 bits per heavy atom. The molecule has 0 aliphatic carbocycles.